The molecule has 0 spiro atoms. The molecule has 1 aliphatic rings. The van der Waals surface area contributed by atoms with E-state index in [0.717, 1.165) is 34.1 Å². The summed E-state index contributed by atoms with van der Waals surface area (Å²) in [6, 6.07) is 6.17. The van der Waals surface area contributed by atoms with Gasteiger partial charge in [0, 0.05) is 34.6 Å². The Morgan fingerprint density at radius 2 is 2.30 bits per heavy atom. The molecule has 1 atom stereocenters. The van der Waals surface area contributed by atoms with Crippen LogP contribution in [0.1, 0.15) is 17.4 Å². The summed E-state index contributed by atoms with van der Waals surface area (Å²) >= 11 is 2.25. The number of nitrogens with one attached hydrogen (secondary N) is 2. The van der Waals surface area contributed by atoms with Crippen LogP contribution in [0.3, 0.4) is 0 Å². The second-order valence-electron chi connectivity index (χ2n) is 4.81. The Labute approximate surface area is 137 Å². The monoisotopic (exact) mass is 406 g/mol. The van der Waals surface area contributed by atoms with Gasteiger partial charge >= 0.3 is 0 Å². The van der Waals surface area contributed by atoms with Gasteiger partial charge in [-0.3, -0.25) is 9.89 Å². The number of hydrogen-bond acceptors (Lipinski definition) is 3. The van der Waals surface area contributed by atoms with Crippen molar-refractivity contribution in [1.29, 1.82) is 0 Å². The number of piperazine rings is 1. The van der Waals surface area contributed by atoms with Crippen molar-refractivity contribution < 1.29 is 4.79 Å². The molecule has 1 fully saturated rings. The maximum atomic E-state index is 12.6. The zero-order valence-corrected chi connectivity index (χ0v) is 14.0. The van der Waals surface area contributed by atoms with Gasteiger partial charge in [-0.05, 0) is 47.7 Å². The Hall–Kier alpha value is -0.860. The fourth-order valence-corrected chi connectivity index (χ4v) is 2.92. The Morgan fingerprint density at radius 3 is 3.05 bits per heavy atom. The van der Waals surface area contributed by atoms with Gasteiger partial charge in [0.15, 0.2) is 5.69 Å². The number of rotatable bonds is 1. The summed E-state index contributed by atoms with van der Waals surface area (Å²) in [7, 11) is 0. The van der Waals surface area contributed by atoms with Crippen molar-refractivity contribution >= 4 is 51.8 Å². The third kappa shape index (κ3) is 2.77. The minimum absolute atomic E-state index is 0. The first-order valence-electron chi connectivity index (χ1n) is 6.32. The molecule has 1 saturated heterocycles. The van der Waals surface area contributed by atoms with Crippen molar-refractivity contribution in [3.63, 3.8) is 0 Å². The van der Waals surface area contributed by atoms with Gasteiger partial charge in [0.05, 0.1) is 5.52 Å². The van der Waals surface area contributed by atoms with Gasteiger partial charge in [-0.25, -0.2) is 0 Å². The minimum atomic E-state index is 0. The quantitative estimate of drug-likeness (QED) is 0.713. The zero-order chi connectivity index (χ0) is 13.4. The van der Waals surface area contributed by atoms with Crippen molar-refractivity contribution in [2.75, 3.05) is 19.6 Å². The topological polar surface area (TPSA) is 61.0 Å². The molecular formula is C13H16ClIN4O. The van der Waals surface area contributed by atoms with Gasteiger partial charge in [0.25, 0.3) is 5.91 Å². The molecule has 0 saturated carbocycles. The molecule has 2 aromatic rings. The molecule has 3 rings (SSSR count). The van der Waals surface area contributed by atoms with Gasteiger partial charge in [-0.15, -0.1) is 12.4 Å². The van der Waals surface area contributed by atoms with E-state index in [1.165, 1.54) is 0 Å². The zero-order valence-electron chi connectivity index (χ0n) is 11.0. The molecule has 0 bridgehead atoms. The third-order valence-electron chi connectivity index (χ3n) is 3.49. The van der Waals surface area contributed by atoms with E-state index in [1.54, 1.807) is 0 Å². The molecule has 20 heavy (non-hydrogen) atoms. The van der Waals surface area contributed by atoms with Crippen LogP contribution < -0.4 is 5.32 Å². The van der Waals surface area contributed by atoms with Crippen LogP contribution in [0.4, 0.5) is 0 Å². The van der Waals surface area contributed by atoms with E-state index in [2.05, 4.69) is 45.0 Å². The van der Waals surface area contributed by atoms with E-state index in [1.807, 2.05) is 23.1 Å². The minimum Gasteiger partial charge on any atom is -0.332 e. The number of H-pyrrole nitrogens is 1. The fraction of sp³-hybridized carbons (Fsp3) is 0.385. The number of fused-ring (bicyclic) bond motifs is 1. The maximum absolute atomic E-state index is 12.6. The molecule has 0 unspecified atom stereocenters. The first-order chi connectivity index (χ1) is 9.16. The lowest BCUT2D eigenvalue weighted by molar-refractivity contribution is 0.0651. The number of carbonyl (C=O) groups is 1. The number of carbonyl (C=O) groups excluding carboxylic acids is 1. The van der Waals surface area contributed by atoms with Gasteiger partial charge in [-0.1, -0.05) is 0 Å². The number of aromatic nitrogens is 2. The summed E-state index contributed by atoms with van der Waals surface area (Å²) in [5, 5.41) is 11.3. The molecule has 5 nitrogen and oxygen atoms in total. The van der Waals surface area contributed by atoms with Crippen LogP contribution in [0.5, 0.6) is 0 Å². The van der Waals surface area contributed by atoms with Crippen LogP contribution in [0.2, 0.25) is 0 Å². The van der Waals surface area contributed by atoms with E-state index in [-0.39, 0.29) is 24.4 Å². The SMILES string of the molecule is C[C@H]1CNCCN1C(=O)c1n[nH]c2ccc(I)cc12.Cl. The lowest BCUT2D eigenvalue weighted by Crippen LogP contribution is -2.52. The molecule has 2 N–H and O–H groups in total. The first-order valence-corrected chi connectivity index (χ1v) is 7.40. The van der Waals surface area contributed by atoms with Gasteiger partial charge in [-0.2, -0.15) is 5.10 Å². The van der Waals surface area contributed by atoms with Crippen LogP contribution in [0.15, 0.2) is 18.2 Å². The van der Waals surface area contributed by atoms with Gasteiger partial charge < -0.3 is 10.2 Å². The molecule has 1 aromatic heterocycles. The van der Waals surface area contributed by atoms with Crippen molar-refractivity contribution in [3.05, 3.63) is 27.5 Å². The number of halogens is 2. The van der Waals surface area contributed by atoms with Crippen LogP contribution >= 0.6 is 35.0 Å². The van der Waals surface area contributed by atoms with E-state index >= 15 is 0 Å². The highest BCUT2D eigenvalue weighted by Gasteiger charge is 2.26. The predicted octanol–water partition coefficient (Wildman–Crippen LogP) is 2.02. The van der Waals surface area contributed by atoms with E-state index in [4.69, 9.17) is 0 Å². The molecule has 108 valence electrons. The Balaban J connectivity index is 0.00000147. The number of aromatic amines is 1. The van der Waals surface area contributed by atoms with E-state index in [9.17, 15) is 4.79 Å². The summed E-state index contributed by atoms with van der Waals surface area (Å²) in [5.74, 6) is 0.0160. The standard InChI is InChI=1S/C13H15IN4O.ClH/c1-8-7-15-4-5-18(8)13(19)12-10-6-9(14)2-3-11(10)16-17-12;/h2-3,6,8,15H,4-5,7H2,1H3,(H,16,17);1H/t8-;/m0./s1. The fourth-order valence-electron chi connectivity index (χ4n) is 2.43. The highest BCUT2D eigenvalue weighted by Crippen LogP contribution is 2.21. The Morgan fingerprint density at radius 1 is 1.50 bits per heavy atom. The molecule has 1 aliphatic heterocycles. The van der Waals surface area contributed by atoms with Crippen LogP contribution in [0, 0.1) is 3.57 Å². The predicted molar refractivity (Wildman–Crippen MR) is 89.4 cm³/mol. The van der Waals surface area contributed by atoms with Crippen molar-refractivity contribution in [1.82, 2.24) is 20.4 Å². The largest absolute Gasteiger partial charge is 0.332 e. The molecule has 0 aliphatic carbocycles. The number of benzene rings is 1. The van der Waals surface area contributed by atoms with E-state index < -0.39 is 0 Å². The molecule has 0 radical (unpaired) electrons. The maximum Gasteiger partial charge on any atom is 0.275 e. The van der Waals surface area contributed by atoms with Crippen LogP contribution in [-0.4, -0.2) is 46.7 Å². The molecule has 2 heterocycles. The summed E-state index contributed by atoms with van der Waals surface area (Å²) in [4.78, 5) is 14.5. The number of nitrogens with zero attached hydrogens (tertiary/aromatic N) is 2. The van der Waals surface area contributed by atoms with E-state index in [0.29, 0.717) is 5.69 Å². The van der Waals surface area contributed by atoms with Crippen molar-refractivity contribution in [2.45, 2.75) is 13.0 Å². The third-order valence-corrected chi connectivity index (χ3v) is 4.16. The highest BCUT2D eigenvalue weighted by molar-refractivity contribution is 14.1. The summed E-state index contributed by atoms with van der Waals surface area (Å²) in [5.41, 5.74) is 1.44. The van der Waals surface area contributed by atoms with Crippen LogP contribution in [-0.2, 0) is 0 Å². The van der Waals surface area contributed by atoms with Crippen molar-refractivity contribution in [2.24, 2.45) is 0 Å². The molecular weight excluding hydrogens is 391 g/mol. The Bertz CT molecular complexity index is 630. The second-order valence-corrected chi connectivity index (χ2v) is 6.06. The van der Waals surface area contributed by atoms with Gasteiger partial charge in [0.2, 0.25) is 0 Å². The summed E-state index contributed by atoms with van der Waals surface area (Å²) < 4.78 is 1.11. The lowest BCUT2D eigenvalue weighted by Gasteiger charge is -2.33. The van der Waals surface area contributed by atoms with Crippen LogP contribution in [0.25, 0.3) is 10.9 Å². The second kappa shape index (κ2) is 6.28. The summed E-state index contributed by atoms with van der Waals surface area (Å²) in [6.07, 6.45) is 0. The average Bonchev–Trinajstić information content (AvgIpc) is 2.81. The van der Waals surface area contributed by atoms with Crippen molar-refractivity contribution in [3.8, 4) is 0 Å². The first kappa shape index (κ1) is 15.5. The highest BCUT2D eigenvalue weighted by atomic mass is 127. The summed E-state index contributed by atoms with van der Waals surface area (Å²) in [6.45, 7) is 4.47. The lowest BCUT2D eigenvalue weighted by atomic mass is 10.1. The number of amides is 1. The molecule has 1 aromatic carbocycles. The molecule has 1 amide bonds. The Kier molecular flexibility index (Phi) is 4.87. The average molecular weight is 407 g/mol. The smallest absolute Gasteiger partial charge is 0.275 e. The normalized spacial score (nSPS) is 18.9. The molecule has 7 heteroatoms. The van der Waals surface area contributed by atoms with Gasteiger partial charge in [0.1, 0.15) is 0 Å². The number of hydrogen-bond donors (Lipinski definition) is 2.